The number of aryl methyl sites for hydroxylation is 1. The Morgan fingerprint density at radius 2 is 2.33 bits per heavy atom. The third-order valence-corrected chi connectivity index (χ3v) is 2.32. The minimum atomic E-state index is -0.448. The van der Waals surface area contributed by atoms with Gasteiger partial charge in [-0.2, -0.15) is 5.10 Å². The largest absolute Gasteiger partial charge is 0.364 e. The number of nitro groups is 1. The van der Waals surface area contributed by atoms with Crippen molar-refractivity contribution in [1.29, 1.82) is 0 Å². The summed E-state index contributed by atoms with van der Waals surface area (Å²) >= 11 is 0. The van der Waals surface area contributed by atoms with Crippen LogP contribution in [0.3, 0.4) is 0 Å². The number of nitrogens with zero attached hydrogens (tertiary/aromatic N) is 4. The molecule has 2 rings (SSSR count). The van der Waals surface area contributed by atoms with E-state index >= 15 is 0 Å². The molecule has 0 amide bonds. The minimum Gasteiger partial charge on any atom is -0.364 e. The Morgan fingerprint density at radius 1 is 1.50 bits per heavy atom. The summed E-state index contributed by atoms with van der Waals surface area (Å²) in [5.74, 6) is 0.988. The molecular weight excluding hydrogens is 236 g/mol. The third kappa shape index (κ3) is 2.78. The molecule has 0 aliphatic carbocycles. The number of hydrogen-bond acceptors (Lipinski definition) is 6. The van der Waals surface area contributed by atoms with Crippen LogP contribution in [0.5, 0.6) is 0 Å². The molecule has 0 fully saturated rings. The highest BCUT2D eigenvalue weighted by Gasteiger charge is 2.14. The normalized spacial score (nSPS) is 10.3. The van der Waals surface area contributed by atoms with Gasteiger partial charge in [0.2, 0.25) is 5.82 Å². The standard InChI is InChI=1S/C10H12N6O2/c1-7-4-8(16(17)18)10(12-5-7)11-3-2-9-13-6-14-15-9/h4-6H,2-3H2,1H3,(H,11,12)(H,13,14,15). The Hall–Kier alpha value is -2.51. The van der Waals surface area contributed by atoms with Crippen LogP contribution < -0.4 is 5.32 Å². The topological polar surface area (TPSA) is 110 Å². The zero-order valence-electron chi connectivity index (χ0n) is 9.75. The first kappa shape index (κ1) is 12.0. The van der Waals surface area contributed by atoms with Crippen LogP contribution in [0.25, 0.3) is 0 Å². The Bertz CT molecular complexity index is 539. The van der Waals surface area contributed by atoms with E-state index in [1.54, 1.807) is 13.1 Å². The van der Waals surface area contributed by atoms with Gasteiger partial charge in [-0.1, -0.05) is 0 Å². The number of aromatic nitrogens is 4. The van der Waals surface area contributed by atoms with Gasteiger partial charge in [-0.3, -0.25) is 15.2 Å². The smallest absolute Gasteiger partial charge is 0.311 e. The summed E-state index contributed by atoms with van der Waals surface area (Å²) in [6.07, 6.45) is 3.60. The molecule has 0 radical (unpaired) electrons. The van der Waals surface area contributed by atoms with Gasteiger partial charge in [0.1, 0.15) is 12.2 Å². The van der Waals surface area contributed by atoms with E-state index in [-0.39, 0.29) is 11.5 Å². The number of pyridine rings is 1. The SMILES string of the molecule is Cc1cnc(NCCc2ncn[nH]2)c([N+](=O)[O-])c1. The zero-order valence-corrected chi connectivity index (χ0v) is 9.75. The van der Waals surface area contributed by atoms with Crippen molar-refractivity contribution in [3.8, 4) is 0 Å². The molecule has 0 aliphatic rings. The van der Waals surface area contributed by atoms with E-state index in [1.807, 2.05) is 0 Å². The lowest BCUT2D eigenvalue weighted by atomic mass is 10.3. The average molecular weight is 248 g/mol. The number of nitrogens with one attached hydrogen (secondary N) is 2. The van der Waals surface area contributed by atoms with E-state index in [9.17, 15) is 10.1 Å². The van der Waals surface area contributed by atoms with Crippen LogP contribution in [0.1, 0.15) is 11.4 Å². The van der Waals surface area contributed by atoms with Gasteiger partial charge in [0.05, 0.1) is 4.92 Å². The molecule has 0 spiro atoms. The zero-order chi connectivity index (χ0) is 13.0. The molecule has 18 heavy (non-hydrogen) atoms. The maximum atomic E-state index is 10.9. The van der Waals surface area contributed by atoms with Gasteiger partial charge in [-0.15, -0.1) is 0 Å². The van der Waals surface area contributed by atoms with Crippen LogP contribution in [-0.2, 0) is 6.42 Å². The Morgan fingerprint density at radius 3 is 3.00 bits per heavy atom. The van der Waals surface area contributed by atoms with Crippen molar-refractivity contribution in [3.05, 3.63) is 40.1 Å². The van der Waals surface area contributed by atoms with E-state index in [1.165, 1.54) is 12.4 Å². The van der Waals surface area contributed by atoms with Crippen molar-refractivity contribution < 1.29 is 4.92 Å². The molecule has 0 aliphatic heterocycles. The second kappa shape index (κ2) is 5.21. The number of hydrogen-bond donors (Lipinski definition) is 2. The van der Waals surface area contributed by atoms with Gasteiger partial charge in [0.15, 0.2) is 0 Å². The Labute approximate surface area is 103 Å². The maximum absolute atomic E-state index is 10.9. The predicted molar refractivity (Wildman–Crippen MR) is 64.2 cm³/mol. The second-order valence-corrected chi connectivity index (χ2v) is 3.75. The van der Waals surface area contributed by atoms with E-state index in [4.69, 9.17) is 0 Å². The summed E-state index contributed by atoms with van der Waals surface area (Å²) in [5.41, 5.74) is 0.732. The highest BCUT2D eigenvalue weighted by Crippen LogP contribution is 2.22. The number of anilines is 1. The lowest BCUT2D eigenvalue weighted by molar-refractivity contribution is -0.384. The second-order valence-electron chi connectivity index (χ2n) is 3.75. The average Bonchev–Trinajstić information content (AvgIpc) is 2.84. The number of rotatable bonds is 5. The molecule has 0 bridgehead atoms. The first-order valence-electron chi connectivity index (χ1n) is 5.36. The van der Waals surface area contributed by atoms with Crippen molar-refractivity contribution in [2.75, 3.05) is 11.9 Å². The summed E-state index contributed by atoms with van der Waals surface area (Å²) in [6, 6.07) is 1.49. The van der Waals surface area contributed by atoms with Crippen molar-refractivity contribution in [2.45, 2.75) is 13.3 Å². The van der Waals surface area contributed by atoms with Gasteiger partial charge < -0.3 is 5.32 Å². The fourth-order valence-corrected chi connectivity index (χ4v) is 1.48. The molecule has 0 aromatic carbocycles. The molecule has 94 valence electrons. The van der Waals surface area contributed by atoms with Crippen LogP contribution in [-0.4, -0.2) is 31.6 Å². The van der Waals surface area contributed by atoms with Crippen LogP contribution in [0.2, 0.25) is 0 Å². The summed E-state index contributed by atoms with van der Waals surface area (Å²) < 4.78 is 0. The monoisotopic (exact) mass is 248 g/mol. The first-order chi connectivity index (χ1) is 8.66. The van der Waals surface area contributed by atoms with Crippen molar-refractivity contribution in [2.24, 2.45) is 0 Å². The summed E-state index contributed by atoms with van der Waals surface area (Å²) in [6.45, 7) is 2.25. The Balaban J connectivity index is 2.02. The summed E-state index contributed by atoms with van der Waals surface area (Å²) in [7, 11) is 0. The van der Waals surface area contributed by atoms with E-state index in [0.29, 0.717) is 13.0 Å². The van der Waals surface area contributed by atoms with Gasteiger partial charge in [-0.05, 0) is 12.5 Å². The van der Waals surface area contributed by atoms with Crippen molar-refractivity contribution in [3.63, 3.8) is 0 Å². The highest BCUT2D eigenvalue weighted by molar-refractivity contribution is 5.56. The highest BCUT2D eigenvalue weighted by atomic mass is 16.6. The van der Waals surface area contributed by atoms with Gasteiger partial charge in [0.25, 0.3) is 0 Å². The summed E-state index contributed by atoms with van der Waals surface area (Å²) in [5, 5.41) is 20.2. The molecule has 2 heterocycles. The van der Waals surface area contributed by atoms with Gasteiger partial charge >= 0.3 is 5.69 Å². The summed E-state index contributed by atoms with van der Waals surface area (Å²) in [4.78, 5) is 18.4. The number of H-pyrrole nitrogens is 1. The fraction of sp³-hybridized carbons (Fsp3) is 0.300. The predicted octanol–water partition coefficient (Wildman–Crippen LogP) is 1.07. The molecule has 0 atom stereocenters. The molecule has 8 heteroatoms. The molecule has 0 saturated heterocycles. The molecular formula is C10H12N6O2. The minimum absolute atomic E-state index is 0.0208. The quantitative estimate of drug-likeness (QED) is 0.605. The van der Waals surface area contributed by atoms with Crippen molar-refractivity contribution >= 4 is 11.5 Å². The van der Waals surface area contributed by atoms with Crippen LogP contribution in [0.15, 0.2) is 18.6 Å². The Kier molecular flexibility index (Phi) is 3.46. The number of aromatic amines is 1. The van der Waals surface area contributed by atoms with Gasteiger partial charge in [0, 0.05) is 25.2 Å². The van der Waals surface area contributed by atoms with E-state index < -0.39 is 4.92 Å². The maximum Gasteiger partial charge on any atom is 0.311 e. The van der Waals surface area contributed by atoms with Gasteiger partial charge in [-0.25, -0.2) is 9.97 Å². The van der Waals surface area contributed by atoms with E-state index in [0.717, 1.165) is 11.4 Å². The van der Waals surface area contributed by atoms with Crippen LogP contribution in [0.4, 0.5) is 11.5 Å². The van der Waals surface area contributed by atoms with Crippen LogP contribution >= 0.6 is 0 Å². The fourth-order valence-electron chi connectivity index (χ4n) is 1.48. The molecule has 0 saturated carbocycles. The van der Waals surface area contributed by atoms with E-state index in [2.05, 4.69) is 25.5 Å². The molecule has 0 unspecified atom stereocenters. The molecule has 8 nitrogen and oxygen atoms in total. The first-order valence-corrected chi connectivity index (χ1v) is 5.36. The molecule has 2 aromatic rings. The molecule has 2 N–H and O–H groups in total. The molecule has 2 aromatic heterocycles. The third-order valence-electron chi connectivity index (χ3n) is 2.32. The van der Waals surface area contributed by atoms with Crippen LogP contribution in [0, 0.1) is 17.0 Å². The lowest BCUT2D eigenvalue weighted by Crippen LogP contribution is -2.09. The lowest BCUT2D eigenvalue weighted by Gasteiger charge is -2.05. The van der Waals surface area contributed by atoms with Crippen molar-refractivity contribution in [1.82, 2.24) is 20.2 Å².